The van der Waals surface area contributed by atoms with E-state index in [1.807, 2.05) is 0 Å². The topological polar surface area (TPSA) is 58.2 Å². The van der Waals surface area contributed by atoms with Crippen LogP contribution in [-0.2, 0) is 9.59 Å². The van der Waals surface area contributed by atoms with Crippen LogP contribution in [0.3, 0.4) is 0 Å². The van der Waals surface area contributed by atoms with Crippen LogP contribution in [-0.4, -0.2) is 24.9 Å². The van der Waals surface area contributed by atoms with Crippen molar-refractivity contribution in [2.75, 3.05) is 13.1 Å². The van der Waals surface area contributed by atoms with E-state index in [4.69, 9.17) is 0 Å². The van der Waals surface area contributed by atoms with E-state index in [0.717, 1.165) is 19.5 Å². The van der Waals surface area contributed by atoms with Gasteiger partial charge in [-0.25, -0.2) is 0 Å². The van der Waals surface area contributed by atoms with E-state index in [2.05, 4.69) is 17.6 Å². The molecule has 12 heavy (non-hydrogen) atoms. The van der Waals surface area contributed by atoms with Crippen LogP contribution in [0.25, 0.3) is 0 Å². The van der Waals surface area contributed by atoms with E-state index >= 15 is 0 Å². The van der Waals surface area contributed by atoms with E-state index < -0.39 is 0 Å². The molecule has 1 rings (SSSR count). The third-order valence-corrected chi connectivity index (χ3v) is 1.92. The highest BCUT2D eigenvalue weighted by Gasteiger charge is 2.36. The molecule has 0 aromatic rings. The van der Waals surface area contributed by atoms with E-state index in [9.17, 15) is 9.59 Å². The molecule has 4 heteroatoms. The zero-order chi connectivity index (χ0) is 8.97. The predicted octanol–water partition coefficient (Wildman–Crippen LogP) is -0.351. The molecule has 0 atom stereocenters. The van der Waals surface area contributed by atoms with Gasteiger partial charge in [-0.3, -0.25) is 14.9 Å². The number of carbonyl (C=O) groups excluding carboxylic acids is 2. The van der Waals surface area contributed by atoms with Gasteiger partial charge < -0.3 is 5.32 Å². The Hall–Kier alpha value is -0.900. The first-order chi connectivity index (χ1) is 5.75. The second kappa shape index (κ2) is 4.21. The highest BCUT2D eigenvalue weighted by Crippen LogP contribution is 2.10. The van der Waals surface area contributed by atoms with E-state index in [0.29, 0.717) is 6.42 Å². The number of carbonyl (C=O) groups is 2. The van der Waals surface area contributed by atoms with Crippen molar-refractivity contribution in [2.45, 2.75) is 19.8 Å². The smallest absolute Gasteiger partial charge is 0.239 e. The Morgan fingerprint density at radius 3 is 2.50 bits per heavy atom. The summed E-state index contributed by atoms with van der Waals surface area (Å²) in [5.74, 6) is -0.633. The number of imide groups is 1. The fraction of sp³-hybridized carbons (Fsp3) is 0.750. The quantitative estimate of drug-likeness (QED) is 0.337. The lowest BCUT2D eigenvalue weighted by atomic mass is 9.97. The highest BCUT2D eigenvalue weighted by molar-refractivity contribution is 6.17. The van der Waals surface area contributed by atoms with Gasteiger partial charge >= 0.3 is 0 Å². The minimum atomic E-state index is -0.380. The molecule has 0 bridgehead atoms. The Labute approximate surface area is 71.7 Å². The summed E-state index contributed by atoms with van der Waals surface area (Å²) in [6.07, 6.45) is 1.70. The molecule has 0 radical (unpaired) electrons. The number of hydrogen-bond acceptors (Lipinski definition) is 3. The van der Waals surface area contributed by atoms with Crippen LogP contribution in [0.15, 0.2) is 0 Å². The molecular weight excluding hydrogens is 156 g/mol. The molecule has 0 spiro atoms. The summed E-state index contributed by atoms with van der Waals surface area (Å²) in [6.45, 7) is 3.77. The average Bonchev–Trinajstić information content (AvgIpc) is 2.04. The Kier molecular flexibility index (Phi) is 3.22. The van der Waals surface area contributed by atoms with Gasteiger partial charge in [0.15, 0.2) is 0 Å². The van der Waals surface area contributed by atoms with Crippen LogP contribution in [0.1, 0.15) is 19.8 Å². The summed E-state index contributed by atoms with van der Waals surface area (Å²) >= 11 is 0. The minimum Gasteiger partial charge on any atom is -0.317 e. The maximum absolute atomic E-state index is 10.7. The molecule has 1 aliphatic rings. The molecular formula is C8H14N2O2. The maximum atomic E-state index is 10.7. The molecule has 2 amide bonds. The Morgan fingerprint density at radius 2 is 2.00 bits per heavy atom. The fourth-order valence-electron chi connectivity index (χ4n) is 1.15. The molecule has 1 fully saturated rings. The third-order valence-electron chi connectivity index (χ3n) is 1.92. The minimum absolute atomic E-state index is 0.127. The lowest BCUT2D eigenvalue weighted by Crippen LogP contribution is -2.55. The first-order valence-electron chi connectivity index (χ1n) is 4.31. The summed E-state index contributed by atoms with van der Waals surface area (Å²) in [5.41, 5.74) is 0. The van der Waals surface area contributed by atoms with Gasteiger partial charge in [-0.15, -0.1) is 0 Å². The van der Waals surface area contributed by atoms with Crippen LogP contribution in [0.2, 0.25) is 0 Å². The highest BCUT2D eigenvalue weighted by atomic mass is 16.2. The van der Waals surface area contributed by atoms with Crippen molar-refractivity contribution >= 4 is 11.8 Å². The first-order valence-corrected chi connectivity index (χ1v) is 4.31. The molecule has 0 unspecified atom stereocenters. The van der Waals surface area contributed by atoms with Crippen molar-refractivity contribution in [1.82, 2.24) is 10.6 Å². The van der Waals surface area contributed by atoms with Crippen molar-refractivity contribution in [3.05, 3.63) is 0 Å². The Balaban J connectivity index is 2.07. The fourth-order valence-corrected chi connectivity index (χ4v) is 1.15. The zero-order valence-electron chi connectivity index (χ0n) is 7.22. The van der Waals surface area contributed by atoms with Gasteiger partial charge in [0.2, 0.25) is 11.8 Å². The average molecular weight is 170 g/mol. The lowest BCUT2D eigenvalue weighted by Gasteiger charge is -2.23. The number of hydrogen-bond donors (Lipinski definition) is 2. The Bertz CT molecular complexity index is 177. The van der Waals surface area contributed by atoms with Crippen molar-refractivity contribution in [3.63, 3.8) is 0 Å². The second-order valence-electron chi connectivity index (χ2n) is 2.94. The normalized spacial score (nSPS) is 17.4. The molecule has 0 aromatic heterocycles. The lowest BCUT2D eigenvalue weighted by molar-refractivity contribution is -0.148. The summed E-state index contributed by atoms with van der Waals surface area (Å²) < 4.78 is 0. The monoisotopic (exact) mass is 170 g/mol. The molecule has 2 N–H and O–H groups in total. The van der Waals surface area contributed by atoms with E-state index in [1.54, 1.807) is 0 Å². The van der Waals surface area contributed by atoms with Gasteiger partial charge in [-0.2, -0.15) is 0 Å². The number of β-lactam (4-membered cyclic amide) rings is 2. The van der Waals surface area contributed by atoms with Crippen LogP contribution in [0.4, 0.5) is 0 Å². The number of amides is 2. The van der Waals surface area contributed by atoms with Gasteiger partial charge in [-0.05, 0) is 25.9 Å². The largest absolute Gasteiger partial charge is 0.317 e. The number of rotatable bonds is 5. The van der Waals surface area contributed by atoms with Crippen molar-refractivity contribution in [3.8, 4) is 0 Å². The first kappa shape index (κ1) is 9.19. The molecule has 0 aromatic carbocycles. The van der Waals surface area contributed by atoms with Gasteiger partial charge in [0.1, 0.15) is 5.92 Å². The van der Waals surface area contributed by atoms with Gasteiger partial charge in [0.25, 0.3) is 0 Å². The van der Waals surface area contributed by atoms with Crippen molar-refractivity contribution in [2.24, 2.45) is 5.92 Å². The van der Waals surface area contributed by atoms with Crippen LogP contribution >= 0.6 is 0 Å². The maximum Gasteiger partial charge on any atom is 0.239 e. The van der Waals surface area contributed by atoms with Gasteiger partial charge in [0.05, 0.1) is 0 Å². The molecule has 0 aliphatic carbocycles. The summed E-state index contributed by atoms with van der Waals surface area (Å²) in [7, 11) is 0. The third kappa shape index (κ3) is 2.04. The molecule has 1 heterocycles. The van der Waals surface area contributed by atoms with E-state index in [-0.39, 0.29) is 17.7 Å². The Morgan fingerprint density at radius 1 is 1.33 bits per heavy atom. The number of nitrogens with one attached hydrogen (secondary N) is 2. The molecule has 4 nitrogen and oxygen atoms in total. The van der Waals surface area contributed by atoms with Crippen molar-refractivity contribution < 1.29 is 9.59 Å². The van der Waals surface area contributed by atoms with Crippen LogP contribution in [0, 0.1) is 5.92 Å². The van der Waals surface area contributed by atoms with Gasteiger partial charge in [0, 0.05) is 0 Å². The zero-order valence-corrected chi connectivity index (χ0v) is 7.22. The SMILES string of the molecule is CCCNCCC1C(=O)NC1=O. The predicted molar refractivity (Wildman–Crippen MR) is 44.4 cm³/mol. The van der Waals surface area contributed by atoms with Crippen LogP contribution in [0.5, 0.6) is 0 Å². The summed E-state index contributed by atoms with van der Waals surface area (Å²) in [4.78, 5) is 21.5. The summed E-state index contributed by atoms with van der Waals surface area (Å²) in [6, 6.07) is 0. The standard InChI is InChI=1S/C8H14N2O2/c1-2-4-9-5-3-6-7(11)10-8(6)12/h6,9H,2-5H2,1H3,(H,10,11,12). The summed E-state index contributed by atoms with van der Waals surface area (Å²) in [5, 5.41) is 5.33. The van der Waals surface area contributed by atoms with Crippen molar-refractivity contribution in [1.29, 1.82) is 0 Å². The second-order valence-corrected chi connectivity index (χ2v) is 2.94. The van der Waals surface area contributed by atoms with Crippen LogP contribution < -0.4 is 10.6 Å². The molecule has 0 saturated carbocycles. The molecule has 1 saturated heterocycles. The molecule has 68 valence electrons. The van der Waals surface area contributed by atoms with E-state index in [1.165, 1.54) is 0 Å². The van der Waals surface area contributed by atoms with Gasteiger partial charge in [-0.1, -0.05) is 6.92 Å². The molecule has 1 aliphatic heterocycles.